The Hall–Kier alpha value is -3.69. The lowest BCUT2D eigenvalue weighted by atomic mass is 9.50. The van der Waals surface area contributed by atoms with Crippen LogP contribution in [0.15, 0.2) is 24.0 Å². The van der Waals surface area contributed by atoms with E-state index in [0.717, 1.165) is 11.1 Å². The number of halogens is 3. The topological polar surface area (TPSA) is 183 Å². The number of carboxylic acid groups (broad SMARTS) is 1. The first kappa shape index (κ1) is 30.3. The van der Waals surface area contributed by atoms with Crippen LogP contribution in [0.25, 0.3) is 0 Å². The summed E-state index contributed by atoms with van der Waals surface area (Å²) in [6, 6.07) is 3.28. The number of carboxylic acids is 1. The van der Waals surface area contributed by atoms with E-state index in [0.29, 0.717) is 25.1 Å². The van der Waals surface area contributed by atoms with Crippen LogP contribution >= 0.6 is 0 Å². The van der Waals surface area contributed by atoms with E-state index in [4.69, 9.17) is 19.4 Å². The van der Waals surface area contributed by atoms with Gasteiger partial charge in [-0.15, -0.1) is 0 Å². The molecule has 2 aliphatic heterocycles. The van der Waals surface area contributed by atoms with Crippen molar-refractivity contribution in [3.8, 4) is 11.5 Å². The number of likely N-dealkylation sites (N-methyl/N-ethyl adjacent to an activating group) is 1. The first-order chi connectivity index (χ1) is 19.1. The number of phenolic OH excluding ortho intramolecular Hbond substituents is 1. The maximum absolute atomic E-state index is 12.6. The van der Waals surface area contributed by atoms with Gasteiger partial charge in [-0.05, 0) is 44.1 Å². The monoisotopic (exact) mass is 586 g/mol. The van der Waals surface area contributed by atoms with Crippen LogP contribution in [0, 0.1) is 0 Å². The third-order valence-electron chi connectivity index (χ3n) is 8.02. The van der Waals surface area contributed by atoms with E-state index in [-0.39, 0.29) is 36.9 Å². The zero-order valence-corrected chi connectivity index (χ0v) is 21.8. The lowest BCUT2D eigenvalue weighted by molar-refractivity contribution is -0.169. The van der Waals surface area contributed by atoms with E-state index in [1.54, 1.807) is 12.1 Å². The van der Waals surface area contributed by atoms with Crippen LogP contribution < -0.4 is 10.1 Å². The van der Waals surface area contributed by atoms with Gasteiger partial charge in [-0.3, -0.25) is 19.2 Å². The minimum Gasteiger partial charge on any atom is -0.504 e. The van der Waals surface area contributed by atoms with Gasteiger partial charge in [0.15, 0.2) is 17.6 Å². The fraction of sp³-hybridized carbons (Fsp3) is 0.538. The molecule has 1 aromatic carbocycles. The first-order valence-corrected chi connectivity index (χ1v) is 12.7. The molecule has 15 heteroatoms. The van der Waals surface area contributed by atoms with Crippen molar-refractivity contribution in [2.45, 2.75) is 67.5 Å². The van der Waals surface area contributed by atoms with Crippen molar-refractivity contribution in [2.24, 2.45) is 0 Å². The highest BCUT2D eigenvalue weighted by molar-refractivity contribution is 5.85. The molecule has 1 aromatic rings. The molecular weight excluding hydrogens is 557 g/mol. The number of likely N-dealkylation sites (tertiary alicyclic amines) is 1. The van der Waals surface area contributed by atoms with E-state index >= 15 is 0 Å². The standard InChI is InChI=1S/C24H28N2O9.C2HF3O/c1-26-9-7-23-19-12-2-3-13(27)20(19)35-21(23)15(4-6-24(23,33)16(26)10-12)34-18(31)5-8-25-22(32)14(28)11-17(29)30;3-2(4,5)1-6/h2-4,14,16,21,27-28,33H,5-11H2,1H3,(H,25,32)(H,29,30);1H/t14-,16+,21-,23-,24+;/m0./s1. The van der Waals surface area contributed by atoms with Crippen molar-refractivity contribution in [3.63, 3.8) is 0 Å². The van der Waals surface area contributed by atoms with Crippen LogP contribution in [0.5, 0.6) is 11.5 Å². The molecule has 5 N–H and O–H groups in total. The molecule has 1 saturated heterocycles. The van der Waals surface area contributed by atoms with Crippen molar-refractivity contribution in [1.82, 2.24) is 10.2 Å². The van der Waals surface area contributed by atoms with Gasteiger partial charge in [-0.25, -0.2) is 0 Å². The second-order valence-corrected chi connectivity index (χ2v) is 10.4. The van der Waals surface area contributed by atoms with Gasteiger partial charge < -0.3 is 40.1 Å². The Morgan fingerprint density at radius 2 is 2.00 bits per heavy atom. The Bertz CT molecular complexity index is 1280. The zero-order valence-electron chi connectivity index (χ0n) is 21.8. The van der Waals surface area contributed by atoms with Crippen LogP contribution in [-0.4, -0.2) is 99.6 Å². The molecule has 4 aliphatic rings. The summed E-state index contributed by atoms with van der Waals surface area (Å²) in [5.74, 6) is -2.32. The molecule has 224 valence electrons. The number of aromatic hydroxyl groups is 1. The Morgan fingerprint density at radius 1 is 1.32 bits per heavy atom. The van der Waals surface area contributed by atoms with Gasteiger partial charge in [-0.2, -0.15) is 13.2 Å². The molecule has 1 amide bonds. The molecule has 12 nitrogen and oxygen atoms in total. The highest BCUT2D eigenvalue weighted by Gasteiger charge is 2.72. The molecule has 5 rings (SSSR count). The molecule has 0 radical (unpaired) electrons. The second kappa shape index (κ2) is 10.9. The van der Waals surface area contributed by atoms with Gasteiger partial charge in [0.25, 0.3) is 0 Å². The number of aliphatic carboxylic acids is 1. The molecule has 5 atom stereocenters. The molecule has 2 bridgehead atoms. The summed E-state index contributed by atoms with van der Waals surface area (Å²) in [7, 11) is 1.98. The van der Waals surface area contributed by atoms with Crippen LogP contribution in [0.2, 0.25) is 0 Å². The third-order valence-corrected chi connectivity index (χ3v) is 8.02. The smallest absolute Gasteiger partial charge is 0.446 e. The van der Waals surface area contributed by atoms with E-state index in [1.165, 1.54) is 0 Å². The summed E-state index contributed by atoms with van der Waals surface area (Å²) in [4.78, 5) is 45.8. The third kappa shape index (κ3) is 5.36. The minimum absolute atomic E-state index is 0.0273. The van der Waals surface area contributed by atoms with Gasteiger partial charge in [0.2, 0.25) is 12.2 Å². The van der Waals surface area contributed by atoms with Crippen LogP contribution in [-0.2, 0) is 35.8 Å². The molecule has 1 spiro atoms. The molecule has 0 saturated carbocycles. The fourth-order valence-electron chi connectivity index (χ4n) is 6.28. The molecule has 41 heavy (non-hydrogen) atoms. The van der Waals surface area contributed by atoms with Crippen molar-refractivity contribution in [3.05, 3.63) is 35.1 Å². The zero-order chi connectivity index (χ0) is 30.3. The average molecular weight is 587 g/mol. The molecule has 2 aliphatic carbocycles. The lowest BCUT2D eigenvalue weighted by Crippen LogP contribution is -2.74. The normalized spacial score (nSPS) is 28.1. The summed E-state index contributed by atoms with van der Waals surface area (Å²) < 4.78 is 43.1. The number of rotatable bonds is 7. The first-order valence-electron chi connectivity index (χ1n) is 12.7. The quantitative estimate of drug-likeness (QED) is 0.219. The highest BCUT2D eigenvalue weighted by atomic mass is 19.4. The second-order valence-electron chi connectivity index (χ2n) is 10.4. The maximum atomic E-state index is 12.6. The van der Waals surface area contributed by atoms with Crippen molar-refractivity contribution in [1.29, 1.82) is 0 Å². The number of amides is 1. The number of phenols is 1. The molecular formula is C26H29F3N2O10. The number of aliphatic hydroxyl groups is 2. The largest absolute Gasteiger partial charge is 0.504 e. The molecule has 0 unspecified atom stereocenters. The predicted octanol–water partition coefficient (Wildman–Crippen LogP) is 0.303. The van der Waals surface area contributed by atoms with Crippen molar-refractivity contribution in [2.75, 3.05) is 20.1 Å². The number of benzene rings is 1. The highest BCUT2D eigenvalue weighted by Crippen LogP contribution is 2.65. The van der Waals surface area contributed by atoms with E-state index < -0.39 is 60.0 Å². The summed E-state index contributed by atoms with van der Waals surface area (Å²) in [5, 5.41) is 43.1. The van der Waals surface area contributed by atoms with Crippen molar-refractivity contribution >= 4 is 24.1 Å². The SMILES string of the molecule is CN1CC[C@]23c4c5ccc(O)c4O[C@H]2C(OC(=O)CCNC(=O)[C@@H](O)CC(=O)O)=CC[C@@]3(O)[C@H]1C5.O=CC(F)(F)F. The van der Waals surface area contributed by atoms with Gasteiger partial charge >= 0.3 is 18.1 Å². The summed E-state index contributed by atoms with van der Waals surface area (Å²) in [6.07, 6.45) is -6.09. The Labute approximate surface area is 231 Å². The van der Waals surface area contributed by atoms with Gasteiger partial charge in [-0.1, -0.05) is 6.07 Å². The lowest BCUT2D eigenvalue weighted by Gasteiger charge is -2.61. The number of esters is 1. The van der Waals surface area contributed by atoms with Gasteiger partial charge in [0, 0.05) is 24.6 Å². The Kier molecular flexibility index (Phi) is 8.08. The Morgan fingerprint density at radius 3 is 2.63 bits per heavy atom. The van der Waals surface area contributed by atoms with E-state index in [2.05, 4.69) is 10.2 Å². The number of aldehydes is 1. The number of nitrogens with zero attached hydrogens (tertiary/aromatic N) is 1. The van der Waals surface area contributed by atoms with Gasteiger partial charge in [0.05, 0.1) is 23.9 Å². The summed E-state index contributed by atoms with van der Waals surface area (Å²) in [5.41, 5.74) is -0.251. The van der Waals surface area contributed by atoms with Crippen molar-refractivity contribution < 1.29 is 62.2 Å². The van der Waals surface area contributed by atoms with Crippen LogP contribution in [0.4, 0.5) is 13.2 Å². The Balaban J connectivity index is 0.000000585. The number of alkyl halides is 3. The summed E-state index contributed by atoms with van der Waals surface area (Å²) in [6.45, 7) is 0.549. The number of piperidine rings is 1. The number of carbonyl (C=O) groups excluding carboxylic acids is 3. The minimum atomic E-state index is -4.64. The number of ether oxygens (including phenoxy) is 2. The van der Waals surface area contributed by atoms with Crippen LogP contribution in [0.1, 0.15) is 36.8 Å². The molecule has 1 fully saturated rings. The number of aliphatic hydroxyl groups excluding tert-OH is 1. The van der Waals surface area contributed by atoms with Gasteiger partial charge in [0.1, 0.15) is 11.9 Å². The number of hydrogen-bond acceptors (Lipinski definition) is 10. The fourth-order valence-corrected chi connectivity index (χ4v) is 6.28. The predicted molar refractivity (Wildman–Crippen MR) is 131 cm³/mol. The number of hydrogen-bond donors (Lipinski definition) is 5. The van der Waals surface area contributed by atoms with E-state index in [9.17, 15) is 42.9 Å². The number of nitrogens with one attached hydrogen (secondary N) is 1. The molecule has 2 heterocycles. The molecule has 0 aromatic heterocycles. The maximum Gasteiger partial charge on any atom is 0.446 e. The average Bonchev–Trinajstić information content (AvgIpc) is 3.25. The van der Waals surface area contributed by atoms with E-state index in [1.807, 2.05) is 13.1 Å². The number of carbonyl (C=O) groups is 4. The summed E-state index contributed by atoms with van der Waals surface area (Å²) >= 11 is 0. The van der Waals surface area contributed by atoms with Crippen LogP contribution in [0.3, 0.4) is 0 Å².